The number of anilines is 4. The molecular formula is C30H37N7O2S. The van der Waals surface area contributed by atoms with Crippen LogP contribution in [0.25, 0.3) is 0 Å². The number of benzene rings is 2. The van der Waals surface area contributed by atoms with Crippen LogP contribution in [-0.4, -0.2) is 67.1 Å². The van der Waals surface area contributed by atoms with Gasteiger partial charge in [0.15, 0.2) is 16.6 Å². The minimum absolute atomic E-state index is 0.444. The molecule has 210 valence electrons. The normalized spacial score (nSPS) is 18.8. The summed E-state index contributed by atoms with van der Waals surface area (Å²) in [6.45, 7) is 8.68. The van der Waals surface area contributed by atoms with E-state index in [2.05, 4.69) is 68.7 Å². The number of nitrogens with zero attached hydrogens (tertiary/aromatic N) is 5. The van der Waals surface area contributed by atoms with Gasteiger partial charge in [0.05, 0.1) is 0 Å². The number of ether oxygens (including phenoxy) is 2. The van der Waals surface area contributed by atoms with Gasteiger partial charge in [-0.1, -0.05) is 24.3 Å². The highest BCUT2D eigenvalue weighted by Gasteiger charge is 2.24. The molecule has 4 heterocycles. The lowest BCUT2D eigenvalue weighted by atomic mass is 10.0. The molecule has 6 rings (SSSR count). The van der Waals surface area contributed by atoms with Crippen molar-refractivity contribution in [2.24, 2.45) is 0 Å². The quantitative estimate of drug-likeness (QED) is 0.423. The fraction of sp³-hybridized carbons (Fsp3) is 0.433. The monoisotopic (exact) mass is 559 g/mol. The molecule has 2 aromatic carbocycles. The summed E-state index contributed by atoms with van der Waals surface area (Å²) in [5, 5.41) is 7.04. The summed E-state index contributed by atoms with van der Waals surface area (Å²) >= 11 is 5.66. The van der Waals surface area contributed by atoms with E-state index in [0.29, 0.717) is 36.9 Å². The standard InChI is InChI=1S/C30H37N7O2S/c1-22-7-5-6-12-37(22)28-20-27(36-15-13-35(14-16-36)24-8-3-2-4-9-24)32-29(33-28)34-30(40)31-21-23-10-11-25-26(19-23)39-18-17-38-25/h2-4,8-11,19-20,22H,5-7,12-18,21H2,1H3,(H2,31,32,33,34,40)/t22-/m0/s1. The number of hydrogen-bond donors (Lipinski definition) is 2. The van der Waals surface area contributed by atoms with Gasteiger partial charge in [-0.05, 0) is 68.2 Å². The zero-order valence-corrected chi connectivity index (χ0v) is 23.8. The van der Waals surface area contributed by atoms with Gasteiger partial charge in [0.1, 0.15) is 24.8 Å². The Morgan fingerprint density at radius 1 is 0.875 bits per heavy atom. The minimum atomic E-state index is 0.444. The predicted molar refractivity (Wildman–Crippen MR) is 164 cm³/mol. The van der Waals surface area contributed by atoms with Crippen molar-refractivity contribution in [3.05, 3.63) is 60.2 Å². The van der Waals surface area contributed by atoms with Gasteiger partial charge in [-0.3, -0.25) is 0 Å². The molecule has 0 spiro atoms. The molecule has 0 aliphatic carbocycles. The zero-order chi connectivity index (χ0) is 27.3. The molecule has 0 radical (unpaired) electrons. The van der Waals surface area contributed by atoms with Gasteiger partial charge in [-0.25, -0.2) is 0 Å². The number of piperidine rings is 1. The van der Waals surface area contributed by atoms with Crippen molar-refractivity contribution in [3.63, 3.8) is 0 Å². The number of nitrogens with one attached hydrogen (secondary N) is 2. The highest BCUT2D eigenvalue weighted by Crippen LogP contribution is 2.31. The number of thiocarbonyl (C=S) groups is 1. The average molecular weight is 560 g/mol. The maximum Gasteiger partial charge on any atom is 0.232 e. The highest BCUT2D eigenvalue weighted by molar-refractivity contribution is 7.80. The number of para-hydroxylation sites is 1. The maximum absolute atomic E-state index is 5.71. The highest BCUT2D eigenvalue weighted by atomic mass is 32.1. The molecule has 0 amide bonds. The van der Waals surface area contributed by atoms with Crippen molar-refractivity contribution >= 4 is 40.6 Å². The Balaban J connectivity index is 1.16. The molecule has 2 saturated heterocycles. The van der Waals surface area contributed by atoms with E-state index in [9.17, 15) is 0 Å². The molecule has 10 heteroatoms. The van der Waals surface area contributed by atoms with E-state index in [1.807, 2.05) is 18.2 Å². The summed E-state index contributed by atoms with van der Waals surface area (Å²) in [4.78, 5) is 17.0. The van der Waals surface area contributed by atoms with E-state index in [0.717, 1.165) is 61.4 Å². The number of hydrogen-bond acceptors (Lipinski definition) is 8. The largest absolute Gasteiger partial charge is 0.486 e. The van der Waals surface area contributed by atoms with Crippen molar-refractivity contribution in [1.29, 1.82) is 0 Å². The molecule has 3 aliphatic rings. The topological polar surface area (TPSA) is 78.0 Å². The summed E-state index contributed by atoms with van der Waals surface area (Å²) in [5.74, 6) is 3.97. The van der Waals surface area contributed by atoms with E-state index in [4.69, 9.17) is 31.7 Å². The van der Waals surface area contributed by atoms with Gasteiger partial charge in [0, 0.05) is 57.1 Å². The van der Waals surface area contributed by atoms with Crippen LogP contribution in [0, 0.1) is 0 Å². The van der Waals surface area contributed by atoms with Crippen LogP contribution >= 0.6 is 12.2 Å². The Labute approximate surface area is 241 Å². The molecule has 3 aliphatic heterocycles. The smallest absolute Gasteiger partial charge is 0.232 e. The van der Waals surface area contributed by atoms with Crippen LogP contribution in [0.5, 0.6) is 11.5 Å². The Morgan fingerprint density at radius 2 is 1.62 bits per heavy atom. The molecule has 2 fully saturated rings. The fourth-order valence-corrected chi connectivity index (χ4v) is 5.75. The summed E-state index contributed by atoms with van der Waals surface area (Å²) in [5.41, 5.74) is 2.33. The van der Waals surface area contributed by atoms with Gasteiger partial charge in [0.25, 0.3) is 0 Å². The molecule has 1 aromatic heterocycles. The van der Waals surface area contributed by atoms with Crippen LogP contribution < -0.4 is 34.8 Å². The van der Waals surface area contributed by atoms with Gasteiger partial charge in [-0.15, -0.1) is 0 Å². The van der Waals surface area contributed by atoms with Crippen LogP contribution in [0.4, 0.5) is 23.3 Å². The fourth-order valence-electron chi connectivity index (χ4n) is 5.58. The molecule has 40 heavy (non-hydrogen) atoms. The number of fused-ring (bicyclic) bond motifs is 1. The van der Waals surface area contributed by atoms with Crippen molar-refractivity contribution in [3.8, 4) is 11.5 Å². The zero-order valence-electron chi connectivity index (χ0n) is 23.0. The van der Waals surface area contributed by atoms with E-state index >= 15 is 0 Å². The first kappa shape index (κ1) is 26.4. The summed E-state index contributed by atoms with van der Waals surface area (Å²) < 4.78 is 11.3. The van der Waals surface area contributed by atoms with Crippen LogP contribution in [0.2, 0.25) is 0 Å². The Morgan fingerprint density at radius 3 is 2.42 bits per heavy atom. The molecule has 9 nitrogen and oxygen atoms in total. The first-order chi connectivity index (χ1) is 19.6. The summed E-state index contributed by atoms with van der Waals surface area (Å²) in [7, 11) is 0. The van der Waals surface area contributed by atoms with Crippen molar-refractivity contribution < 1.29 is 9.47 Å². The SMILES string of the molecule is C[C@H]1CCCCN1c1cc(N2CCN(c3ccccc3)CC2)nc(NC(=S)NCc2ccc3c(c2)OCCO3)n1. The number of rotatable bonds is 6. The summed E-state index contributed by atoms with van der Waals surface area (Å²) in [6, 6.07) is 19.2. The van der Waals surface area contributed by atoms with Crippen molar-refractivity contribution in [1.82, 2.24) is 15.3 Å². The first-order valence-corrected chi connectivity index (χ1v) is 14.7. The average Bonchev–Trinajstić information content (AvgIpc) is 3.00. The maximum atomic E-state index is 5.71. The van der Waals surface area contributed by atoms with Gasteiger partial charge < -0.3 is 34.8 Å². The van der Waals surface area contributed by atoms with Crippen LogP contribution in [0.1, 0.15) is 31.7 Å². The molecule has 0 saturated carbocycles. The predicted octanol–water partition coefficient (Wildman–Crippen LogP) is 4.44. The lowest BCUT2D eigenvalue weighted by Crippen LogP contribution is -2.47. The molecule has 0 unspecified atom stereocenters. The van der Waals surface area contributed by atoms with Crippen LogP contribution in [-0.2, 0) is 6.54 Å². The third-order valence-electron chi connectivity index (χ3n) is 7.81. The van der Waals surface area contributed by atoms with Crippen LogP contribution in [0.3, 0.4) is 0 Å². The summed E-state index contributed by atoms with van der Waals surface area (Å²) in [6.07, 6.45) is 3.61. The van der Waals surface area contributed by atoms with Gasteiger partial charge in [0.2, 0.25) is 5.95 Å². The Kier molecular flexibility index (Phi) is 8.04. The minimum Gasteiger partial charge on any atom is -0.486 e. The van der Waals surface area contributed by atoms with Crippen molar-refractivity contribution in [2.45, 2.75) is 38.8 Å². The lowest BCUT2D eigenvalue weighted by Gasteiger charge is -2.38. The molecule has 1 atom stereocenters. The number of piperazine rings is 1. The third kappa shape index (κ3) is 6.17. The molecule has 3 aromatic rings. The van der Waals surface area contributed by atoms with Gasteiger partial charge in [-0.2, -0.15) is 9.97 Å². The van der Waals surface area contributed by atoms with E-state index in [1.54, 1.807) is 0 Å². The van der Waals surface area contributed by atoms with Gasteiger partial charge >= 0.3 is 0 Å². The molecular weight excluding hydrogens is 522 g/mol. The molecule has 2 N–H and O–H groups in total. The Bertz CT molecular complexity index is 1320. The second-order valence-electron chi connectivity index (χ2n) is 10.5. The second-order valence-corrected chi connectivity index (χ2v) is 10.9. The van der Waals surface area contributed by atoms with Crippen molar-refractivity contribution in [2.75, 3.05) is 66.0 Å². The third-order valence-corrected chi connectivity index (χ3v) is 8.05. The molecule has 0 bridgehead atoms. The Hall–Kier alpha value is -3.79. The lowest BCUT2D eigenvalue weighted by molar-refractivity contribution is 0.171. The van der Waals surface area contributed by atoms with E-state index < -0.39 is 0 Å². The second kappa shape index (κ2) is 12.2. The van der Waals surface area contributed by atoms with Crippen LogP contribution in [0.15, 0.2) is 54.6 Å². The van der Waals surface area contributed by atoms with E-state index in [1.165, 1.54) is 24.9 Å². The van der Waals surface area contributed by atoms with E-state index in [-0.39, 0.29) is 0 Å². The number of aromatic nitrogens is 2. The first-order valence-electron chi connectivity index (χ1n) is 14.3.